The van der Waals surface area contributed by atoms with Gasteiger partial charge >= 0.3 is 5.97 Å². The molecule has 0 aliphatic heterocycles. The van der Waals surface area contributed by atoms with E-state index in [2.05, 4.69) is 33.8 Å². The highest BCUT2D eigenvalue weighted by atomic mass is 16.5. The molecule has 9 atom stereocenters. The summed E-state index contributed by atoms with van der Waals surface area (Å²) in [5.41, 5.74) is 1.89. The fourth-order valence-corrected chi connectivity index (χ4v) is 8.35. The highest BCUT2D eigenvalue weighted by molar-refractivity contribution is 5.69. The van der Waals surface area contributed by atoms with Gasteiger partial charge in [0.05, 0.1) is 13.2 Å². The van der Waals surface area contributed by atoms with Crippen LogP contribution in [0.2, 0.25) is 0 Å². The first kappa shape index (κ1) is 21.4. The summed E-state index contributed by atoms with van der Waals surface area (Å²) in [5, 5.41) is 11.5. The molecule has 4 rings (SSSR count). The second-order valence-electron chi connectivity index (χ2n) is 11.5. The molecule has 29 heavy (non-hydrogen) atoms. The molecule has 3 fully saturated rings. The molecule has 3 saturated carbocycles. The summed E-state index contributed by atoms with van der Waals surface area (Å²) in [4.78, 5) is 11.7. The van der Waals surface area contributed by atoms with E-state index in [4.69, 9.17) is 4.74 Å². The normalized spacial score (nSPS) is 47.4. The number of rotatable bonds is 4. The second kappa shape index (κ2) is 7.70. The smallest absolute Gasteiger partial charge is 0.305 e. The molecule has 0 heterocycles. The maximum absolute atomic E-state index is 11.7. The minimum Gasteiger partial charge on any atom is -0.469 e. The lowest BCUT2D eigenvalue weighted by Gasteiger charge is -2.58. The van der Waals surface area contributed by atoms with E-state index in [0.29, 0.717) is 35.5 Å². The number of aliphatic hydroxyl groups excluding tert-OH is 1. The fraction of sp³-hybridized carbons (Fsp3) is 0.885. The molecule has 0 spiro atoms. The molecule has 0 amide bonds. The van der Waals surface area contributed by atoms with Gasteiger partial charge in [0.2, 0.25) is 0 Å². The third kappa shape index (κ3) is 3.30. The standard InChI is InChI=1S/C26H42O3/c1-16-12-13-25(3)18(14-16)7-8-19-21-10-9-20(17(2)6-11-24(28)29-5)26(21,4)23(27)15-22(19)25/h15-21,23,27H,6-14H2,1-5H3/t16-,17-,18-,19?,20?,21?,23-,25+,26-/m1/s1. The summed E-state index contributed by atoms with van der Waals surface area (Å²) >= 11 is 0. The molecule has 0 bridgehead atoms. The van der Waals surface area contributed by atoms with Crippen molar-refractivity contribution in [1.82, 2.24) is 0 Å². The summed E-state index contributed by atoms with van der Waals surface area (Å²) in [6.07, 6.45) is 12.5. The maximum Gasteiger partial charge on any atom is 0.305 e. The number of aliphatic hydroxyl groups is 1. The van der Waals surface area contributed by atoms with E-state index < -0.39 is 0 Å². The van der Waals surface area contributed by atoms with Crippen LogP contribution < -0.4 is 0 Å². The lowest BCUT2D eigenvalue weighted by Crippen LogP contribution is -2.53. The maximum atomic E-state index is 11.7. The molecule has 1 N–H and O–H groups in total. The Hall–Kier alpha value is -0.830. The van der Waals surface area contributed by atoms with Gasteiger partial charge in [0.15, 0.2) is 0 Å². The average molecular weight is 403 g/mol. The molecule has 0 aromatic carbocycles. The lowest BCUT2D eigenvalue weighted by molar-refractivity contribution is -0.141. The molecular formula is C26H42O3. The first-order valence-electron chi connectivity index (χ1n) is 12.2. The Morgan fingerprint density at radius 2 is 2.00 bits per heavy atom. The summed E-state index contributed by atoms with van der Waals surface area (Å²) in [6, 6.07) is 0. The number of allylic oxidation sites excluding steroid dienone is 1. The predicted molar refractivity (Wildman–Crippen MR) is 116 cm³/mol. The number of carbonyl (C=O) groups is 1. The van der Waals surface area contributed by atoms with E-state index in [1.165, 1.54) is 52.1 Å². The van der Waals surface area contributed by atoms with Crippen LogP contribution in [0.5, 0.6) is 0 Å². The fourth-order valence-electron chi connectivity index (χ4n) is 8.35. The van der Waals surface area contributed by atoms with Crippen LogP contribution in [0.15, 0.2) is 11.6 Å². The first-order chi connectivity index (χ1) is 13.7. The van der Waals surface area contributed by atoms with E-state index in [1.807, 2.05) is 0 Å². The Balaban J connectivity index is 1.59. The molecular weight excluding hydrogens is 360 g/mol. The van der Waals surface area contributed by atoms with Crippen molar-refractivity contribution in [3.8, 4) is 0 Å². The number of esters is 1. The number of hydrogen-bond acceptors (Lipinski definition) is 3. The third-order valence-electron chi connectivity index (χ3n) is 10.2. The van der Waals surface area contributed by atoms with Crippen molar-refractivity contribution in [2.24, 2.45) is 46.3 Å². The Labute approximate surface area is 177 Å². The highest BCUT2D eigenvalue weighted by Crippen LogP contribution is 2.66. The van der Waals surface area contributed by atoms with E-state index in [-0.39, 0.29) is 17.5 Å². The van der Waals surface area contributed by atoms with Gasteiger partial charge in [-0.1, -0.05) is 39.3 Å². The molecule has 0 aromatic rings. The van der Waals surface area contributed by atoms with E-state index in [1.54, 1.807) is 5.57 Å². The van der Waals surface area contributed by atoms with Gasteiger partial charge in [-0.05, 0) is 92.3 Å². The quantitative estimate of drug-likeness (QED) is 0.480. The van der Waals surface area contributed by atoms with Gasteiger partial charge in [0.1, 0.15) is 0 Å². The van der Waals surface area contributed by atoms with E-state index in [9.17, 15) is 9.90 Å². The zero-order valence-corrected chi connectivity index (χ0v) is 19.2. The Morgan fingerprint density at radius 3 is 2.72 bits per heavy atom. The molecule has 3 unspecified atom stereocenters. The Bertz CT molecular complexity index is 669. The largest absolute Gasteiger partial charge is 0.469 e. The van der Waals surface area contributed by atoms with Crippen molar-refractivity contribution >= 4 is 5.97 Å². The van der Waals surface area contributed by atoms with Crippen molar-refractivity contribution in [3.05, 3.63) is 11.6 Å². The average Bonchev–Trinajstić information content (AvgIpc) is 3.06. The Kier molecular flexibility index (Phi) is 5.68. The van der Waals surface area contributed by atoms with Gasteiger partial charge in [-0.3, -0.25) is 4.79 Å². The lowest BCUT2D eigenvalue weighted by atomic mass is 9.47. The topological polar surface area (TPSA) is 46.5 Å². The highest BCUT2D eigenvalue weighted by Gasteiger charge is 2.60. The first-order valence-corrected chi connectivity index (χ1v) is 12.2. The van der Waals surface area contributed by atoms with Crippen LogP contribution >= 0.6 is 0 Å². The second-order valence-corrected chi connectivity index (χ2v) is 11.5. The van der Waals surface area contributed by atoms with Crippen molar-refractivity contribution < 1.29 is 14.6 Å². The minimum atomic E-state index is -0.346. The number of hydrogen-bond donors (Lipinski definition) is 1. The van der Waals surface area contributed by atoms with Gasteiger partial charge in [0.25, 0.3) is 0 Å². The Morgan fingerprint density at radius 1 is 1.24 bits per heavy atom. The SMILES string of the molecule is COC(=O)CC[C@@H](C)C1CCC2C3CC[C@@H]4C[C@H](C)CC[C@]4(C)C3=C[C@@H](O)[C@@]21C. The summed E-state index contributed by atoms with van der Waals surface area (Å²) < 4.78 is 4.86. The molecule has 164 valence electrons. The van der Waals surface area contributed by atoms with Gasteiger partial charge in [-0.25, -0.2) is 0 Å². The molecule has 3 nitrogen and oxygen atoms in total. The van der Waals surface area contributed by atoms with Crippen LogP contribution in [0.4, 0.5) is 0 Å². The molecule has 0 saturated heterocycles. The number of ether oxygens (including phenoxy) is 1. The van der Waals surface area contributed by atoms with Crippen LogP contribution in [0.25, 0.3) is 0 Å². The van der Waals surface area contributed by atoms with E-state index in [0.717, 1.165) is 18.3 Å². The summed E-state index contributed by atoms with van der Waals surface area (Å²) in [6.45, 7) is 9.58. The van der Waals surface area contributed by atoms with Gasteiger partial charge in [-0.15, -0.1) is 0 Å². The van der Waals surface area contributed by atoms with Crippen LogP contribution in [0, 0.1) is 46.3 Å². The van der Waals surface area contributed by atoms with Crippen LogP contribution in [0.3, 0.4) is 0 Å². The molecule has 4 aliphatic rings. The molecule has 4 aliphatic carbocycles. The van der Waals surface area contributed by atoms with Crippen molar-refractivity contribution in [2.45, 2.75) is 91.6 Å². The monoisotopic (exact) mass is 402 g/mol. The van der Waals surface area contributed by atoms with Gasteiger partial charge in [0, 0.05) is 11.8 Å². The third-order valence-corrected chi connectivity index (χ3v) is 10.2. The van der Waals surface area contributed by atoms with Gasteiger partial charge in [-0.2, -0.15) is 0 Å². The zero-order valence-electron chi connectivity index (χ0n) is 19.2. The van der Waals surface area contributed by atoms with Crippen LogP contribution in [-0.2, 0) is 9.53 Å². The zero-order chi connectivity index (χ0) is 21.0. The molecule has 3 heteroatoms. The summed E-state index contributed by atoms with van der Waals surface area (Å²) in [5.74, 6) is 3.74. The van der Waals surface area contributed by atoms with E-state index >= 15 is 0 Å². The number of fused-ring (bicyclic) bond motifs is 5. The molecule has 0 radical (unpaired) electrons. The number of carbonyl (C=O) groups excluding carboxylic acids is 1. The van der Waals surface area contributed by atoms with Crippen molar-refractivity contribution in [1.29, 1.82) is 0 Å². The minimum absolute atomic E-state index is 0.0468. The molecule has 0 aromatic heterocycles. The number of methoxy groups -OCH3 is 1. The summed E-state index contributed by atoms with van der Waals surface area (Å²) in [7, 11) is 1.47. The van der Waals surface area contributed by atoms with Gasteiger partial charge < -0.3 is 9.84 Å². The van der Waals surface area contributed by atoms with Crippen molar-refractivity contribution in [2.75, 3.05) is 7.11 Å². The van der Waals surface area contributed by atoms with Crippen LogP contribution in [-0.4, -0.2) is 24.3 Å². The van der Waals surface area contributed by atoms with Crippen molar-refractivity contribution in [3.63, 3.8) is 0 Å². The predicted octanol–water partition coefficient (Wildman–Crippen LogP) is 5.76. The van der Waals surface area contributed by atoms with Crippen LogP contribution in [0.1, 0.15) is 85.5 Å².